The van der Waals surface area contributed by atoms with Crippen LogP contribution in [0.15, 0.2) is 0 Å². The Hall–Kier alpha value is -1.18. The molecule has 16 N–H and O–H groups in total. The van der Waals surface area contributed by atoms with E-state index in [1.54, 1.807) is 0 Å². The molecule has 0 aromatic heterocycles. The van der Waals surface area contributed by atoms with Crippen LogP contribution < -0.4 is 22.9 Å². The van der Waals surface area contributed by atoms with Crippen LogP contribution in [-0.4, -0.2) is 146 Å². The molecule has 3 fully saturated rings. The number of aliphatic hydroxyl groups excluding tert-OH is 5. The van der Waals surface area contributed by atoms with Gasteiger partial charge in [0, 0.05) is 18.6 Å². The maximum Gasteiger partial charge on any atom is 0.394 e. The van der Waals surface area contributed by atoms with Crippen LogP contribution in [0.1, 0.15) is 6.42 Å². The molecule has 20 heteroatoms. The van der Waals surface area contributed by atoms with Gasteiger partial charge in [-0.3, -0.25) is 9.11 Å². The molecular formula is C17H34N4O15S. The Balaban J connectivity index is 0.000000877. The van der Waals surface area contributed by atoms with Crippen molar-refractivity contribution in [3.05, 3.63) is 0 Å². The van der Waals surface area contributed by atoms with Crippen molar-refractivity contribution in [3.63, 3.8) is 0 Å². The number of aliphatic carboxylic acids is 1. The number of carboxylic acids is 1. The van der Waals surface area contributed by atoms with Crippen LogP contribution in [0.25, 0.3) is 0 Å². The highest BCUT2D eigenvalue weighted by Crippen LogP contribution is 2.32. The van der Waals surface area contributed by atoms with Crippen LogP contribution in [-0.2, 0) is 34.1 Å². The minimum absolute atomic E-state index is 0.0727. The van der Waals surface area contributed by atoms with E-state index in [-0.39, 0.29) is 13.0 Å². The Morgan fingerprint density at radius 2 is 1.35 bits per heavy atom. The third-order valence-electron chi connectivity index (χ3n) is 6.09. The molecular weight excluding hydrogens is 532 g/mol. The van der Waals surface area contributed by atoms with Gasteiger partial charge in [0.2, 0.25) is 0 Å². The van der Waals surface area contributed by atoms with Gasteiger partial charge in [0.1, 0.15) is 42.7 Å². The first-order valence-corrected chi connectivity index (χ1v) is 12.3. The number of hydrogen-bond donors (Lipinski definition) is 12. The number of hydrogen-bond acceptors (Lipinski definition) is 16. The molecule has 0 spiro atoms. The minimum Gasteiger partial charge on any atom is -0.479 e. The zero-order valence-electron chi connectivity index (χ0n) is 19.2. The summed E-state index contributed by atoms with van der Waals surface area (Å²) in [7, 11) is -4.67. The van der Waals surface area contributed by atoms with E-state index in [0.29, 0.717) is 0 Å². The summed E-state index contributed by atoms with van der Waals surface area (Å²) in [5, 5.41) is 60.1. The highest BCUT2D eigenvalue weighted by atomic mass is 32.3. The van der Waals surface area contributed by atoms with E-state index in [4.69, 9.17) is 59.4 Å². The zero-order valence-corrected chi connectivity index (χ0v) is 20.0. The average Bonchev–Trinajstić information content (AvgIpc) is 3.06. The monoisotopic (exact) mass is 566 g/mol. The molecule has 3 aliphatic rings. The molecule has 19 nitrogen and oxygen atoms in total. The van der Waals surface area contributed by atoms with Crippen LogP contribution in [0.4, 0.5) is 0 Å². The summed E-state index contributed by atoms with van der Waals surface area (Å²) in [6.07, 6.45) is -15.8. The fraction of sp³-hybridized carbons (Fsp3) is 0.941. The van der Waals surface area contributed by atoms with Crippen molar-refractivity contribution in [2.24, 2.45) is 22.9 Å². The van der Waals surface area contributed by atoms with Crippen molar-refractivity contribution in [3.8, 4) is 0 Å². The van der Waals surface area contributed by atoms with Gasteiger partial charge in [-0.25, -0.2) is 4.79 Å². The largest absolute Gasteiger partial charge is 0.479 e. The Morgan fingerprint density at radius 1 is 0.811 bits per heavy atom. The second kappa shape index (κ2) is 12.8. The number of nitrogens with two attached hydrogens (primary N) is 4. The normalized spacial score (nSPS) is 46.7. The number of carboxylic acid groups (broad SMARTS) is 1. The van der Waals surface area contributed by atoms with Gasteiger partial charge in [-0.05, 0) is 6.42 Å². The van der Waals surface area contributed by atoms with Crippen molar-refractivity contribution in [1.82, 2.24) is 0 Å². The Labute approximate surface area is 210 Å². The van der Waals surface area contributed by atoms with Gasteiger partial charge >= 0.3 is 16.4 Å². The first-order chi connectivity index (χ1) is 17.0. The maximum absolute atomic E-state index is 11.4. The third-order valence-corrected chi connectivity index (χ3v) is 6.09. The predicted molar refractivity (Wildman–Crippen MR) is 117 cm³/mol. The summed E-state index contributed by atoms with van der Waals surface area (Å²) in [5.74, 6) is -1.55. The van der Waals surface area contributed by atoms with Crippen LogP contribution in [0.2, 0.25) is 0 Å². The van der Waals surface area contributed by atoms with Crippen LogP contribution in [0, 0.1) is 0 Å². The molecule has 2 heterocycles. The summed E-state index contributed by atoms with van der Waals surface area (Å²) in [6.45, 7) is -0.105. The van der Waals surface area contributed by atoms with E-state index >= 15 is 0 Å². The molecule has 0 bridgehead atoms. The molecule has 0 aromatic rings. The van der Waals surface area contributed by atoms with E-state index in [9.17, 15) is 35.4 Å². The molecule has 2 saturated heterocycles. The summed E-state index contributed by atoms with van der Waals surface area (Å²) in [6, 6.07) is -3.07. The molecule has 1 aliphatic carbocycles. The lowest BCUT2D eigenvalue weighted by Crippen LogP contribution is -2.68. The van der Waals surface area contributed by atoms with Crippen molar-refractivity contribution >= 4 is 16.4 Å². The van der Waals surface area contributed by atoms with E-state index in [2.05, 4.69) is 0 Å². The summed E-state index contributed by atoms with van der Waals surface area (Å²) in [4.78, 5) is 11.4. The van der Waals surface area contributed by atoms with E-state index in [0.717, 1.165) is 0 Å². The van der Waals surface area contributed by atoms with Crippen molar-refractivity contribution < 1.29 is 71.9 Å². The number of aliphatic hydroxyl groups is 5. The van der Waals surface area contributed by atoms with Crippen molar-refractivity contribution in [2.45, 2.75) is 92.1 Å². The van der Waals surface area contributed by atoms with Crippen LogP contribution >= 0.6 is 0 Å². The fourth-order valence-electron chi connectivity index (χ4n) is 4.15. The molecule has 218 valence electrons. The molecule has 0 aromatic carbocycles. The Bertz CT molecular complexity index is 862. The minimum atomic E-state index is -4.67. The molecule has 14 atom stereocenters. The lowest BCUT2D eigenvalue weighted by Gasteiger charge is -2.46. The van der Waals surface area contributed by atoms with E-state index in [1.807, 2.05) is 0 Å². The van der Waals surface area contributed by atoms with Crippen LogP contribution in [0.3, 0.4) is 0 Å². The number of carbonyl (C=O) groups is 1. The van der Waals surface area contributed by atoms with Gasteiger partial charge in [0.15, 0.2) is 18.7 Å². The van der Waals surface area contributed by atoms with E-state index in [1.165, 1.54) is 0 Å². The zero-order chi connectivity index (χ0) is 28.4. The van der Waals surface area contributed by atoms with Crippen LogP contribution in [0.5, 0.6) is 0 Å². The Morgan fingerprint density at radius 3 is 1.84 bits per heavy atom. The fourth-order valence-corrected chi connectivity index (χ4v) is 4.15. The quantitative estimate of drug-likeness (QED) is 0.133. The molecule has 0 radical (unpaired) electrons. The van der Waals surface area contributed by atoms with Crippen molar-refractivity contribution in [1.29, 1.82) is 0 Å². The number of ether oxygens (including phenoxy) is 4. The summed E-state index contributed by atoms with van der Waals surface area (Å²) >= 11 is 0. The topological polar surface area (TPSA) is 354 Å². The molecule has 37 heavy (non-hydrogen) atoms. The van der Waals surface area contributed by atoms with Gasteiger partial charge in [0.05, 0.1) is 12.1 Å². The predicted octanol–water partition coefficient (Wildman–Crippen LogP) is -7.21. The summed E-state index contributed by atoms with van der Waals surface area (Å²) in [5.41, 5.74) is 23.4. The van der Waals surface area contributed by atoms with E-state index < -0.39 is 102 Å². The smallest absolute Gasteiger partial charge is 0.394 e. The van der Waals surface area contributed by atoms with Gasteiger partial charge in [-0.1, -0.05) is 0 Å². The molecule has 1 saturated carbocycles. The summed E-state index contributed by atoms with van der Waals surface area (Å²) < 4.78 is 53.6. The average molecular weight is 567 g/mol. The van der Waals surface area contributed by atoms with Gasteiger partial charge in [-0.15, -0.1) is 0 Å². The highest BCUT2D eigenvalue weighted by molar-refractivity contribution is 7.79. The molecule has 2 aliphatic heterocycles. The third kappa shape index (κ3) is 7.92. The van der Waals surface area contributed by atoms with Crippen molar-refractivity contribution in [2.75, 3.05) is 6.54 Å². The highest BCUT2D eigenvalue weighted by Gasteiger charge is 2.52. The standard InChI is InChI=1S/C17H32N4O11.H2O4S/c18-2-5-8(23)11(26)17(29-5)31-13-7(22)3(19)1-4(20)12(13)30-16-6(21)9(24)10(25)14(32-16)15(27)28;1-5(2,3)4/h3-14,16-17,22-26H,1-2,18-21H2,(H,27,28);(H2,1,2,3,4)/t3-,4+,5-,6-,7+,8-,9-,10+,11-,12-,13-,14-,16+,17-;/m1./s1. The number of rotatable bonds is 6. The molecule has 3 rings (SSSR count). The lowest BCUT2D eigenvalue weighted by molar-refractivity contribution is -0.305. The molecule has 0 amide bonds. The maximum atomic E-state index is 11.4. The second-order valence-electron chi connectivity index (χ2n) is 8.78. The van der Waals surface area contributed by atoms with Gasteiger partial charge in [0.25, 0.3) is 0 Å². The lowest BCUT2D eigenvalue weighted by atomic mass is 9.84. The molecule has 0 unspecified atom stereocenters. The SMILES string of the molecule is NC[C@H]1O[C@H](O[C@@H]2[C@@H](O)[C@H](N)C[C@H](N)[C@H]2O[C@H]2O[C@@H](C(=O)O)[C@@H](O)[C@H](O)[C@H]2N)[C@H](O)[C@@H]1O.O=S(=O)(O)O. The first kappa shape index (κ1) is 32.0. The van der Waals surface area contributed by atoms with Gasteiger partial charge in [-0.2, -0.15) is 8.42 Å². The second-order valence-corrected chi connectivity index (χ2v) is 9.68. The van der Waals surface area contributed by atoms with Gasteiger partial charge < -0.3 is 72.5 Å². The first-order valence-electron chi connectivity index (χ1n) is 10.9. The Kier molecular flexibility index (Phi) is 11.1.